The first kappa shape index (κ1) is 23.8. The van der Waals surface area contributed by atoms with Gasteiger partial charge in [0.05, 0.1) is 13.2 Å². The van der Waals surface area contributed by atoms with E-state index in [0.29, 0.717) is 0 Å². The van der Waals surface area contributed by atoms with Crippen molar-refractivity contribution in [2.75, 3.05) is 19.8 Å². The number of ether oxygens (including phenoxy) is 2. The second-order valence-electron chi connectivity index (χ2n) is 8.39. The fraction of sp³-hybridized carbons (Fsp3) is 0.731. The van der Waals surface area contributed by atoms with Gasteiger partial charge >= 0.3 is 0 Å². The van der Waals surface area contributed by atoms with E-state index in [2.05, 4.69) is 18.0 Å². The second-order valence-corrected chi connectivity index (χ2v) is 8.39. The molecule has 0 aromatic heterocycles. The van der Waals surface area contributed by atoms with Crippen LogP contribution in [0, 0.1) is 0 Å². The molecule has 3 heteroatoms. The molecule has 1 aliphatic rings. The standard InChI is InChI=1S/C26H43NO2/c1-2-3-4-5-6-7-8-9-10-11-12-13-14-15-19-27-23-24-17-18-25-26(22-24)29-21-16-20-28-25/h17-18,22-23H,2-16,19-21H2,1H3. The van der Waals surface area contributed by atoms with Gasteiger partial charge in [-0.3, -0.25) is 4.99 Å². The van der Waals surface area contributed by atoms with Gasteiger partial charge in [-0.05, 0) is 30.2 Å². The lowest BCUT2D eigenvalue weighted by Gasteiger charge is -2.07. The molecule has 1 aromatic carbocycles. The van der Waals surface area contributed by atoms with E-state index in [1.54, 1.807) is 0 Å². The lowest BCUT2D eigenvalue weighted by molar-refractivity contribution is 0.297. The quantitative estimate of drug-likeness (QED) is 0.209. The van der Waals surface area contributed by atoms with Crippen LogP contribution in [0.3, 0.4) is 0 Å². The second kappa shape index (κ2) is 16.3. The highest BCUT2D eigenvalue weighted by Crippen LogP contribution is 2.29. The van der Waals surface area contributed by atoms with E-state index in [1.807, 2.05) is 18.3 Å². The number of rotatable bonds is 16. The molecule has 0 fully saturated rings. The summed E-state index contributed by atoms with van der Waals surface area (Å²) in [5, 5.41) is 0. The van der Waals surface area contributed by atoms with E-state index in [9.17, 15) is 0 Å². The molecule has 29 heavy (non-hydrogen) atoms. The summed E-state index contributed by atoms with van der Waals surface area (Å²) in [6.45, 7) is 4.68. The van der Waals surface area contributed by atoms with Gasteiger partial charge in [0.1, 0.15) is 0 Å². The van der Waals surface area contributed by atoms with Gasteiger partial charge in [-0.25, -0.2) is 0 Å². The van der Waals surface area contributed by atoms with Gasteiger partial charge < -0.3 is 9.47 Å². The summed E-state index contributed by atoms with van der Waals surface area (Å²) >= 11 is 0. The van der Waals surface area contributed by atoms with Crippen LogP contribution in [0.4, 0.5) is 0 Å². The summed E-state index contributed by atoms with van der Waals surface area (Å²) in [6.07, 6.45) is 22.4. The molecule has 0 spiro atoms. The van der Waals surface area contributed by atoms with Crippen LogP contribution in [0.25, 0.3) is 0 Å². The van der Waals surface area contributed by atoms with Crippen molar-refractivity contribution in [3.8, 4) is 11.5 Å². The Morgan fingerprint density at radius 2 is 1.28 bits per heavy atom. The fourth-order valence-electron chi connectivity index (χ4n) is 3.83. The van der Waals surface area contributed by atoms with Crippen LogP contribution < -0.4 is 9.47 Å². The van der Waals surface area contributed by atoms with E-state index in [0.717, 1.165) is 43.2 Å². The maximum absolute atomic E-state index is 5.74. The number of unbranched alkanes of at least 4 members (excludes halogenated alkanes) is 13. The van der Waals surface area contributed by atoms with E-state index in [-0.39, 0.29) is 0 Å². The number of fused-ring (bicyclic) bond motifs is 1. The molecular weight excluding hydrogens is 358 g/mol. The third-order valence-electron chi connectivity index (χ3n) is 5.65. The van der Waals surface area contributed by atoms with Crippen LogP contribution in [0.2, 0.25) is 0 Å². The van der Waals surface area contributed by atoms with Crippen LogP contribution in [0.5, 0.6) is 11.5 Å². The average molecular weight is 402 g/mol. The van der Waals surface area contributed by atoms with Crippen molar-refractivity contribution >= 4 is 6.21 Å². The summed E-state index contributed by atoms with van der Waals surface area (Å²) < 4.78 is 11.4. The summed E-state index contributed by atoms with van der Waals surface area (Å²) in [6, 6.07) is 6.09. The zero-order chi connectivity index (χ0) is 20.4. The van der Waals surface area contributed by atoms with Crippen LogP contribution >= 0.6 is 0 Å². The summed E-state index contributed by atoms with van der Waals surface area (Å²) in [5.74, 6) is 1.70. The van der Waals surface area contributed by atoms with E-state index < -0.39 is 0 Å². The number of nitrogens with zero attached hydrogens (tertiary/aromatic N) is 1. The highest BCUT2D eigenvalue weighted by molar-refractivity contribution is 5.80. The minimum atomic E-state index is 0.729. The van der Waals surface area contributed by atoms with Crippen molar-refractivity contribution in [2.24, 2.45) is 4.99 Å². The molecule has 1 aromatic rings. The van der Waals surface area contributed by atoms with Crippen LogP contribution in [0.15, 0.2) is 23.2 Å². The molecular formula is C26H43NO2. The number of hydrogen-bond acceptors (Lipinski definition) is 3. The van der Waals surface area contributed by atoms with Crippen molar-refractivity contribution in [1.82, 2.24) is 0 Å². The van der Waals surface area contributed by atoms with Gasteiger partial charge in [0.25, 0.3) is 0 Å². The molecule has 1 heterocycles. The smallest absolute Gasteiger partial charge is 0.161 e. The third-order valence-corrected chi connectivity index (χ3v) is 5.65. The van der Waals surface area contributed by atoms with Crippen molar-refractivity contribution in [2.45, 2.75) is 103 Å². The van der Waals surface area contributed by atoms with Gasteiger partial charge in [-0.1, -0.05) is 90.4 Å². The first-order valence-electron chi connectivity index (χ1n) is 12.3. The number of aliphatic imine (C=N–C) groups is 1. The highest BCUT2D eigenvalue weighted by atomic mass is 16.5. The Morgan fingerprint density at radius 3 is 1.90 bits per heavy atom. The van der Waals surface area contributed by atoms with Crippen LogP contribution in [-0.2, 0) is 0 Å². The fourth-order valence-corrected chi connectivity index (χ4v) is 3.83. The van der Waals surface area contributed by atoms with E-state index >= 15 is 0 Å². The largest absolute Gasteiger partial charge is 0.490 e. The summed E-state index contributed by atoms with van der Waals surface area (Å²) in [5.41, 5.74) is 1.10. The lowest BCUT2D eigenvalue weighted by Crippen LogP contribution is -1.97. The third kappa shape index (κ3) is 11.3. The summed E-state index contributed by atoms with van der Waals surface area (Å²) in [7, 11) is 0. The Hall–Kier alpha value is -1.51. The normalized spacial score (nSPS) is 13.7. The molecule has 0 unspecified atom stereocenters. The maximum atomic E-state index is 5.74. The SMILES string of the molecule is CCCCCCCCCCCCCCCCN=Cc1ccc2c(c1)OCCCO2. The van der Waals surface area contributed by atoms with E-state index in [4.69, 9.17) is 9.47 Å². The Kier molecular flexibility index (Phi) is 13.4. The summed E-state index contributed by atoms with van der Waals surface area (Å²) in [4.78, 5) is 4.59. The first-order chi connectivity index (χ1) is 14.4. The number of benzene rings is 1. The van der Waals surface area contributed by atoms with Gasteiger partial charge in [0, 0.05) is 19.2 Å². The Labute approximate surface area is 179 Å². The predicted molar refractivity (Wildman–Crippen MR) is 125 cm³/mol. The molecule has 0 bridgehead atoms. The van der Waals surface area contributed by atoms with Crippen LogP contribution in [0.1, 0.15) is 109 Å². The Balaban J connectivity index is 1.40. The molecule has 1 aliphatic heterocycles. The van der Waals surface area contributed by atoms with Crippen molar-refractivity contribution in [1.29, 1.82) is 0 Å². The molecule has 0 aliphatic carbocycles. The van der Waals surface area contributed by atoms with Gasteiger partial charge in [-0.2, -0.15) is 0 Å². The zero-order valence-electron chi connectivity index (χ0n) is 18.8. The molecule has 164 valence electrons. The maximum Gasteiger partial charge on any atom is 0.161 e. The predicted octanol–water partition coefficient (Wildman–Crippen LogP) is 7.75. The van der Waals surface area contributed by atoms with Gasteiger partial charge in [-0.15, -0.1) is 0 Å². The molecule has 2 rings (SSSR count). The topological polar surface area (TPSA) is 30.8 Å². The molecule has 0 radical (unpaired) electrons. The molecule has 0 saturated heterocycles. The van der Waals surface area contributed by atoms with Crippen molar-refractivity contribution in [3.05, 3.63) is 23.8 Å². The lowest BCUT2D eigenvalue weighted by atomic mass is 10.0. The molecule has 0 N–H and O–H groups in total. The molecule has 0 amide bonds. The first-order valence-corrected chi connectivity index (χ1v) is 12.3. The van der Waals surface area contributed by atoms with E-state index in [1.165, 1.54) is 89.9 Å². The van der Waals surface area contributed by atoms with Gasteiger partial charge in [0.15, 0.2) is 11.5 Å². The van der Waals surface area contributed by atoms with Crippen molar-refractivity contribution in [3.63, 3.8) is 0 Å². The Bertz CT molecular complexity index is 556. The molecule has 3 nitrogen and oxygen atoms in total. The van der Waals surface area contributed by atoms with Crippen LogP contribution in [-0.4, -0.2) is 26.0 Å². The molecule has 0 atom stereocenters. The monoisotopic (exact) mass is 401 g/mol. The minimum Gasteiger partial charge on any atom is -0.490 e. The molecule has 0 saturated carbocycles. The van der Waals surface area contributed by atoms with Crippen molar-refractivity contribution < 1.29 is 9.47 Å². The zero-order valence-corrected chi connectivity index (χ0v) is 18.8. The number of hydrogen-bond donors (Lipinski definition) is 0. The van der Waals surface area contributed by atoms with Gasteiger partial charge in [0.2, 0.25) is 0 Å². The minimum absolute atomic E-state index is 0.729. The highest BCUT2D eigenvalue weighted by Gasteiger charge is 2.09. The average Bonchev–Trinajstić information content (AvgIpc) is 2.98. The Morgan fingerprint density at radius 1 is 0.724 bits per heavy atom.